The van der Waals surface area contributed by atoms with Crippen LogP contribution in [0.15, 0.2) is 35.3 Å². The summed E-state index contributed by atoms with van der Waals surface area (Å²) in [6, 6.07) is 10.5. The maximum atomic E-state index is 5.70. The van der Waals surface area contributed by atoms with Gasteiger partial charge < -0.3 is 15.0 Å². The Balaban J connectivity index is 2.00. The highest BCUT2D eigenvalue weighted by Gasteiger charge is 2.03. The van der Waals surface area contributed by atoms with E-state index in [0.29, 0.717) is 0 Å². The predicted octanol–water partition coefficient (Wildman–Crippen LogP) is 3.33. The molecule has 4 heteroatoms. The molecule has 0 fully saturated rings. The van der Waals surface area contributed by atoms with E-state index < -0.39 is 0 Å². The van der Waals surface area contributed by atoms with E-state index in [2.05, 4.69) is 53.4 Å². The molecule has 0 amide bonds. The third-order valence-electron chi connectivity index (χ3n) is 3.80. The van der Waals surface area contributed by atoms with Gasteiger partial charge in [0.2, 0.25) is 0 Å². The Labute approximate surface area is 141 Å². The molecule has 0 radical (unpaired) electrons. The van der Waals surface area contributed by atoms with E-state index in [4.69, 9.17) is 4.74 Å². The fraction of sp³-hybridized carbons (Fsp3) is 0.632. The number of ether oxygens (including phenoxy) is 1. The number of nitrogens with zero attached hydrogens (tertiary/aromatic N) is 2. The molecule has 0 aliphatic rings. The molecule has 0 aromatic heterocycles. The minimum atomic E-state index is 0.804. The van der Waals surface area contributed by atoms with Crippen molar-refractivity contribution in [1.82, 2.24) is 10.2 Å². The van der Waals surface area contributed by atoms with Crippen molar-refractivity contribution in [2.75, 3.05) is 40.4 Å². The highest BCUT2D eigenvalue weighted by molar-refractivity contribution is 5.79. The maximum absolute atomic E-state index is 5.70. The predicted molar refractivity (Wildman–Crippen MR) is 99.1 cm³/mol. The summed E-state index contributed by atoms with van der Waals surface area (Å²) < 4.78 is 5.70. The van der Waals surface area contributed by atoms with Gasteiger partial charge in [0.05, 0.1) is 6.61 Å². The van der Waals surface area contributed by atoms with Crippen LogP contribution in [0.4, 0.5) is 0 Å². The summed E-state index contributed by atoms with van der Waals surface area (Å²) in [7, 11) is 3.94. The zero-order valence-electron chi connectivity index (χ0n) is 15.1. The Morgan fingerprint density at radius 1 is 1.13 bits per heavy atom. The number of rotatable bonds is 11. The SMILES string of the molecule is CCCCN(C)C(=NC)NCCCCOCCc1ccccc1. The van der Waals surface area contributed by atoms with Crippen LogP contribution in [-0.4, -0.2) is 51.3 Å². The number of nitrogens with one attached hydrogen (secondary N) is 1. The first-order valence-electron chi connectivity index (χ1n) is 8.81. The summed E-state index contributed by atoms with van der Waals surface area (Å²) in [6.07, 6.45) is 5.59. The number of hydrogen-bond acceptors (Lipinski definition) is 2. The smallest absolute Gasteiger partial charge is 0.193 e. The van der Waals surface area contributed by atoms with E-state index in [0.717, 1.165) is 51.5 Å². The molecule has 0 atom stereocenters. The zero-order chi connectivity index (χ0) is 16.8. The maximum Gasteiger partial charge on any atom is 0.193 e. The molecular formula is C19H33N3O. The second-order valence-corrected chi connectivity index (χ2v) is 5.80. The molecule has 130 valence electrons. The molecule has 1 N–H and O–H groups in total. The second kappa shape index (κ2) is 12.9. The number of guanidine groups is 1. The molecule has 0 heterocycles. The number of unbranched alkanes of at least 4 members (excludes halogenated alkanes) is 2. The third kappa shape index (κ3) is 9.24. The first-order valence-corrected chi connectivity index (χ1v) is 8.81. The van der Waals surface area contributed by atoms with Gasteiger partial charge in [-0.1, -0.05) is 43.7 Å². The van der Waals surface area contributed by atoms with Crippen molar-refractivity contribution in [2.24, 2.45) is 4.99 Å². The summed E-state index contributed by atoms with van der Waals surface area (Å²) in [5.74, 6) is 0.989. The van der Waals surface area contributed by atoms with Gasteiger partial charge in [-0.15, -0.1) is 0 Å². The van der Waals surface area contributed by atoms with Crippen molar-refractivity contribution in [3.05, 3.63) is 35.9 Å². The summed E-state index contributed by atoms with van der Waals surface area (Å²) >= 11 is 0. The largest absolute Gasteiger partial charge is 0.381 e. The molecule has 1 rings (SSSR count). The molecule has 0 saturated heterocycles. The van der Waals surface area contributed by atoms with Crippen molar-refractivity contribution in [1.29, 1.82) is 0 Å². The Morgan fingerprint density at radius 3 is 2.61 bits per heavy atom. The van der Waals surface area contributed by atoms with Gasteiger partial charge in [0.25, 0.3) is 0 Å². The highest BCUT2D eigenvalue weighted by Crippen LogP contribution is 2.00. The lowest BCUT2D eigenvalue weighted by Crippen LogP contribution is -2.39. The quantitative estimate of drug-likeness (QED) is 0.386. The van der Waals surface area contributed by atoms with Crippen molar-refractivity contribution < 1.29 is 4.74 Å². The van der Waals surface area contributed by atoms with Gasteiger partial charge in [-0.3, -0.25) is 4.99 Å². The molecule has 0 bridgehead atoms. The van der Waals surface area contributed by atoms with E-state index >= 15 is 0 Å². The Kier molecular flexibility index (Phi) is 11.0. The van der Waals surface area contributed by atoms with Gasteiger partial charge in [-0.25, -0.2) is 0 Å². The van der Waals surface area contributed by atoms with E-state index in [1.807, 2.05) is 13.1 Å². The van der Waals surface area contributed by atoms with Gasteiger partial charge >= 0.3 is 0 Å². The topological polar surface area (TPSA) is 36.9 Å². The first kappa shape index (κ1) is 19.5. The Bertz CT molecular complexity index is 420. The van der Waals surface area contributed by atoms with E-state index in [1.54, 1.807) is 0 Å². The van der Waals surface area contributed by atoms with E-state index in [-0.39, 0.29) is 0 Å². The summed E-state index contributed by atoms with van der Waals surface area (Å²) in [4.78, 5) is 6.52. The standard InChI is InChI=1S/C19H33N3O/c1-4-5-15-22(3)19(20-2)21-14-9-10-16-23-17-13-18-11-7-6-8-12-18/h6-8,11-12H,4-5,9-10,13-17H2,1-3H3,(H,20,21). The van der Waals surface area contributed by atoms with Crippen molar-refractivity contribution in [3.63, 3.8) is 0 Å². The van der Waals surface area contributed by atoms with Crippen molar-refractivity contribution in [3.8, 4) is 0 Å². The minimum Gasteiger partial charge on any atom is -0.381 e. The molecular weight excluding hydrogens is 286 g/mol. The lowest BCUT2D eigenvalue weighted by molar-refractivity contribution is 0.133. The van der Waals surface area contributed by atoms with Crippen LogP contribution < -0.4 is 5.32 Å². The van der Waals surface area contributed by atoms with Crippen LogP contribution in [0.1, 0.15) is 38.2 Å². The van der Waals surface area contributed by atoms with Crippen LogP contribution in [0.3, 0.4) is 0 Å². The monoisotopic (exact) mass is 319 g/mol. The van der Waals surface area contributed by atoms with Crippen LogP contribution >= 0.6 is 0 Å². The third-order valence-corrected chi connectivity index (χ3v) is 3.80. The van der Waals surface area contributed by atoms with Crippen LogP contribution in [0.25, 0.3) is 0 Å². The molecule has 0 saturated carbocycles. The molecule has 0 aliphatic carbocycles. The fourth-order valence-corrected chi connectivity index (χ4v) is 2.35. The molecule has 1 aromatic rings. The number of benzene rings is 1. The van der Waals surface area contributed by atoms with Gasteiger partial charge in [-0.2, -0.15) is 0 Å². The zero-order valence-corrected chi connectivity index (χ0v) is 15.1. The van der Waals surface area contributed by atoms with E-state index in [1.165, 1.54) is 18.4 Å². The second-order valence-electron chi connectivity index (χ2n) is 5.80. The van der Waals surface area contributed by atoms with Crippen LogP contribution in [0.5, 0.6) is 0 Å². The van der Waals surface area contributed by atoms with Crippen molar-refractivity contribution in [2.45, 2.75) is 39.0 Å². The summed E-state index contributed by atoms with van der Waals surface area (Å²) in [5.41, 5.74) is 1.34. The molecule has 23 heavy (non-hydrogen) atoms. The molecule has 0 aliphatic heterocycles. The van der Waals surface area contributed by atoms with Gasteiger partial charge in [-0.05, 0) is 31.2 Å². The fourth-order valence-electron chi connectivity index (χ4n) is 2.35. The van der Waals surface area contributed by atoms with E-state index in [9.17, 15) is 0 Å². The van der Waals surface area contributed by atoms with Gasteiger partial charge in [0.1, 0.15) is 0 Å². The normalized spacial score (nSPS) is 11.5. The van der Waals surface area contributed by atoms with Crippen LogP contribution in [-0.2, 0) is 11.2 Å². The molecule has 0 unspecified atom stereocenters. The number of hydrogen-bond donors (Lipinski definition) is 1. The Hall–Kier alpha value is -1.55. The summed E-state index contributed by atoms with van der Waals surface area (Å²) in [6.45, 7) is 5.85. The molecule has 0 spiro atoms. The van der Waals surface area contributed by atoms with Crippen molar-refractivity contribution >= 4 is 5.96 Å². The highest BCUT2D eigenvalue weighted by atomic mass is 16.5. The van der Waals surface area contributed by atoms with Gasteiger partial charge in [0.15, 0.2) is 5.96 Å². The van der Waals surface area contributed by atoms with Gasteiger partial charge in [0, 0.05) is 33.8 Å². The average Bonchev–Trinajstić information content (AvgIpc) is 2.59. The average molecular weight is 319 g/mol. The first-order chi connectivity index (χ1) is 11.3. The number of aliphatic imine (C=N–C) groups is 1. The Morgan fingerprint density at radius 2 is 1.91 bits per heavy atom. The lowest BCUT2D eigenvalue weighted by Gasteiger charge is -2.21. The minimum absolute atomic E-state index is 0.804. The summed E-state index contributed by atoms with van der Waals surface area (Å²) in [5, 5.41) is 3.42. The van der Waals surface area contributed by atoms with Crippen LogP contribution in [0.2, 0.25) is 0 Å². The van der Waals surface area contributed by atoms with Crippen LogP contribution in [0, 0.1) is 0 Å². The lowest BCUT2D eigenvalue weighted by atomic mass is 10.2. The molecule has 4 nitrogen and oxygen atoms in total. The molecule has 1 aromatic carbocycles.